The van der Waals surface area contributed by atoms with Gasteiger partial charge in [0.1, 0.15) is 0 Å². The molecule has 0 spiro atoms. The van der Waals surface area contributed by atoms with Crippen molar-refractivity contribution in [2.45, 2.75) is 65.6 Å². The first-order valence-electron chi connectivity index (χ1n) is 9.55. The van der Waals surface area contributed by atoms with Gasteiger partial charge < -0.3 is 4.57 Å². The lowest BCUT2D eigenvalue weighted by Crippen LogP contribution is -2.49. The van der Waals surface area contributed by atoms with Crippen molar-refractivity contribution >= 4 is 11.2 Å². The summed E-state index contributed by atoms with van der Waals surface area (Å²) in [6.45, 7) is 13.1. The van der Waals surface area contributed by atoms with Gasteiger partial charge in [0.25, 0.3) is 0 Å². The van der Waals surface area contributed by atoms with Gasteiger partial charge in [0.15, 0.2) is 5.65 Å². The van der Waals surface area contributed by atoms with Crippen LogP contribution in [0.3, 0.4) is 0 Å². The van der Waals surface area contributed by atoms with Crippen molar-refractivity contribution in [2.75, 3.05) is 13.1 Å². The van der Waals surface area contributed by atoms with Gasteiger partial charge in [0.2, 0.25) is 0 Å². The highest BCUT2D eigenvalue weighted by Gasteiger charge is 2.29. The third kappa shape index (κ3) is 3.47. The summed E-state index contributed by atoms with van der Waals surface area (Å²) < 4.78 is 3.25. The van der Waals surface area contributed by atoms with Crippen LogP contribution in [-0.2, 0) is 6.54 Å². The quantitative estimate of drug-likeness (QED) is 0.792. The van der Waals surface area contributed by atoms with Crippen LogP contribution in [0, 0.1) is 5.92 Å². The van der Waals surface area contributed by atoms with Gasteiger partial charge in [-0.2, -0.15) is 0 Å². The van der Waals surface area contributed by atoms with E-state index in [0.29, 0.717) is 12.2 Å². The van der Waals surface area contributed by atoms with Crippen LogP contribution in [0.2, 0.25) is 0 Å². The number of hydrogen-bond acceptors (Lipinski definition) is 4. The smallest absolute Gasteiger partial charge is 0.300 e. The van der Waals surface area contributed by atoms with Gasteiger partial charge in [0, 0.05) is 37.4 Å². The number of pyridine rings is 1. The molecule has 1 aliphatic rings. The van der Waals surface area contributed by atoms with Crippen molar-refractivity contribution in [1.82, 2.24) is 19.0 Å². The van der Waals surface area contributed by atoms with E-state index in [1.807, 2.05) is 26.0 Å². The van der Waals surface area contributed by atoms with Crippen molar-refractivity contribution < 1.29 is 0 Å². The fraction of sp³-hybridized carbons (Fsp3) is 0.650. The molecular formula is C20H30N4O2. The maximum Gasteiger partial charge on any atom is 0.318 e. The average Bonchev–Trinajstić information content (AvgIpc) is 2.58. The van der Waals surface area contributed by atoms with E-state index in [4.69, 9.17) is 0 Å². The fourth-order valence-electron chi connectivity index (χ4n) is 3.89. The minimum atomic E-state index is -0.439. The van der Waals surface area contributed by atoms with Gasteiger partial charge in [-0.25, -0.2) is 4.98 Å². The van der Waals surface area contributed by atoms with Crippen molar-refractivity contribution in [2.24, 2.45) is 5.92 Å². The number of piperidine rings is 1. The van der Waals surface area contributed by atoms with E-state index in [2.05, 4.69) is 30.7 Å². The third-order valence-electron chi connectivity index (χ3n) is 5.26. The lowest BCUT2D eigenvalue weighted by Gasteiger charge is -2.41. The zero-order chi connectivity index (χ0) is 19.1. The molecule has 26 heavy (non-hydrogen) atoms. The van der Waals surface area contributed by atoms with Crippen LogP contribution >= 0.6 is 0 Å². The highest BCUT2D eigenvalue weighted by molar-refractivity contribution is 5.70. The number of hydrogen-bond donors (Lipinski definition) is 0. The molecule has 0 aromatic carbocycles. The highest BCUT2D eigenvalue weighted by atomic mass is 16.2. The largest absolute Gasteiger partial charge is 0.318 e. The number of rotatable bonds is 3. The first-order valence-corrected chi connectivity index (χ1v) is 9.55. The molecule has 0 unspecified atom stereocenters. The van der Waals surface area contributed by atoms with Crippen LogP contribution < -0.4 is 11.1 Å². The van der Waals surface area contributed by atoms with Gasteiger partial charge in [-0.15, -0.1) is 0 Å². The first-order chi connectivity index (χ1) is 12.2. The molecule has 1 fully saturated rings. The second kappa shape index (κ2) is 6.99. The van der Waals surface area contributed by atoms with E-state index in [1.165, 1.54) is 0 Å². The molecule has 0 bridgehead atoms. The Labute approximate surface area is 154 Å². The minimum Gasteiger partial charge on any atom is -0.300 e. The molecule has 2 aromatic heterocycles. The van der Waals surface area contributed by atoms with E-state index < -0.39 is 11.1 Å². The first kappa shape index (κ1) is 18.8. The Morgan fingerprint density at radius 1 is 1.15 bits per heavy atom. The molecule has 6 heteroatoms. The normalized spacial score (nSPS) is 17.3. The van der Waals surface area contributed by atoms with Crippen LogP contribution in [0.1, 0.15) is 53.5 Å². The maximum atomic E-state index is 12.9. The van der Waals surface area contributed by atoms with Crippen molar-refractivity contribution in [3.8, 4) is 0 Å². The van der Waals surface area contributed by atoms with Gasteiger partial charge >= 0.3 is 11.1 Å². The average molecular weight is 358 g/mol. The summed E-state index contributed by atoms with van der Waals surface area (Å²) in [7, 11) is 0. The van der Waals surface area contributed by atoms with E-state index >= 15 is 0 Å². The molecule has 1 aliphatic heterocycles. The lowest BCUT2D eigenvalue weighted by molar-refractivity contribution is 0.0897. The molecule has 0 amide bonds. The van der Waals surface area contributed by atoms with Gasteiger partial charge in [-0.1, -0.05) is 13.8 Å². The summed E-state index contributed by atoms with van der Waals surface area (Å²) in [5.41, 5.74) is 0.635. The van der Waals surface area contributed by atoms with Crippen LogP contribution in [0.4, 0.5) is 0 Å². The number of likely N-dealkylation sites (tertiary alicyclic amines) is 1. The summed E-state index contributed by atoms with van der Waals surface area (Å²) in [6.07, 6.45) is 3.42. The van der Waals surface area contributed by atoms with Crippen molar-refractivity contribution in [3.63, 3.8) is 0 Å². The third-order valence-corrected chi connectivity index (χ3v) is 5.26. The SMILES string of the molecule is CC(C)Cn1c(=O)c(=O)n(C2CCN(C(C)(C)C)CC2)c2ncccc21. The second-order valence-corrected chi connectivity index (χ2v) is 8.72. The molecule has 1 saturated heterocycles. The van der Waals surface area contributed by atoms with E-state index in [9.17, 15) is 9.59 Å². The summed E-state index contributed by atoms with van der Waals surface area (Å²) in [6, 6.07) is 3.75. The zero-order valence-electron chi connectivity index (χ0n) is 16.5. The summed E-state index contributed by atoms with van der Waals surface area (Å²) in [5, 5.41) is 0. The van der Waals surface area contributed by atoms with Crippen LogP contribution in [0.5, 0.6) is 0 Å². The molecule has 0 atom stereocenters. The summed E-state index contributed by atoms with van der Waals surface area (Å²) in [5.74, 6) is 0.279. The van der Waals surface area contributed by atoms with Gasteiger partial charge in [-0.05, 0) is 51.7 Å². The van der Waals surface area contributed by atoms with Crippen LogP contribution in [0.25, 0.3) is 11.2 Å². The minimum absolute atomic E-state index is 0.0277. The Kier molecular flexibility index (Phi) is 5.06. The zero-order valence-corrected chi connectivity index (χ0v) is 16.5. The Morgan fingerprint density at radius 2 is 1.81 bits per heavy atom. The number of fused-ring (bicyclic) bond motifs is 1. The standard InChI is InChI=1S/C20H30N4O2/c1-14(2)13-23-16-7-6-10-21-17(16)24(19(26)18(23)25)15-8-11-22(12-9-15)20(3,4)5/h6-7,10,14-15H,8-9,11-13H2,1-5H3. The van der Waals surface area contributed by atoms with Crippen LogP contribution in [-0.4, -0.2) is 37.6 Å². The number of aromatic nitrogens is 3. The molecule has 0 saturated carbocycles. The topological polar surface area (TPSA) is 60.1 Å². The summed E-state index contributed by atoms with van der Waals surface area (Å²) >= 11 is 0. The molecule has 6 nitrogen and oxygen atoms in total. The molecular weight excluding hydrogens is 328 g/mol. The van der Waals surface area contributed by atoms with Gasteiger partial charge in [0.05, 0.1) is 5.52 Å². The number of nitrogens with zero attached hydrogens (tertiary/aromatic N) is 4. The molecule has 0 radical (unpaired) electrons. The lowest BCUT2D eigenvalue weighted by atomic mass is 9.98. The molecule has 3 rings (SSSR count). The molecule has 2 aromatic rings. The van der Waals surface area contributed by atoms with Crippen molar-refractivity contribution in [1.29, 1.82) is 0 Å². The second-order valence-electron chi connectivity index (χ2n) is 8.72. The summed E-state index contributed by atoms with van der Waals surface area (Å²) in [4.78, 5) is 32.7. The van der Waals surface area contributed by atoms with Gasteiger partial charge in [-0.3, -0.25) is 19.1 Å². The highest BCUT2D eigenvalue weighted by Crippen LogP contribution is 2.27. The maximum absolute atomic E-state index is 12.9. The molecule has 142 valence electrons. The van der Waals surface area contributed by atoms with E-state index in [-0.39, 0.29) is 17.5 Å². The Hall–Kier alpha value is -1.95. The van der Waals surface area contributed by atoms with E-state index in [1.54, 1.807) is 15.3 Å². The Morgan fingerprint density at radius 3 is 2.38 bits per heavy atom. The molecule has 3 heterocycles. The van der Waals surface area contributed by atoms with E-state index in [0.717, 1.165) is 31.4 Å². The monoisotopic (exact) mass is 358 g/mol. The van der Waals surface area contributed by atoms with Crippen LogP contribution in [0.15, 0.2) is 27.9 Å². The fourth-order valence-corrected chi connectivity index (χ4v) is 3.89. The Bertz CT molecular complexity index is 897. The Balaban J connectivity index is 2.07. The molecule has 0 aliphatic carbocycles. The predicted octanol–water partition coefficient (Wildman–Crippen LogP) is 2.65. The molecule has 0 N–H and O–H groups in total. The van der Waals surface area contributed by atoms with Crippen molar-refractivity contribution in [3.05, 3.63) is 39.0 Å². The predicted molar refractivity (Wildman–Crippen MR) is 105 cm³/mol.